The van der Waals surface area contributed by atoms with E-state index in [1.165, 1.54) is 52.7 Å². The van der Waals surface area contributed by atoms with E-state index in [4.69, 9.17) is 0 Å². The summed E-state index contributed by atoms with van der Waals surface area (Å²) in [5.41, 5.74) is 1.09. The fraction of sp³-hybridized carbons (Fsp3) is 0.778. The predicted octanol–water partition coefficient (Wildman–Crippen LogP) is 4.57. The molecule has 0 aromatic heterocycles. The van der Waals surface area contributed by atoms with Crippen molar-refractivity contribution in [3.63, 3.8) is 0 Å². The number of esters is 2. The fourth-order valence-electron chi connectivity index (χ4n) is 2.34. The Bertz CT molecular complexity index is 334. The van der Waals surface area contributed by atoms with Crippen LogP contribution in [-0.4, -0.2) is 26.2 Å². The SMILES string of the molecule is COC(=O)C=C(C)CCCCCCCCCCCC(=O)OC. The summed E-state index contributed by atoms with van der Waals surface area (Å²) in [6.07, 6.45) is 13.8. The quantitative estimate of drug-likeness (QED) is 0.284. The molecule has 4 heteroatoms. The number of carbonyl (C=O) groups excluding carboxylic acids is 2. The van der Waals surface area contributed by atoms with Gasteiger partial charge in [-0.25, -0.2) is 4.79 Å². The van der Waals surface area contributed by atoms with Gasteiger partial charge in [-0.1, -0.05) is 50.5 Å². The molecule has 0 heterocycles. The van der Waals surface area contributed by atoms with Crippen molar-refractivity contribution < 1.29 is 19.1 Å². The van der Waals surface area contributed by atoms with Crippen LogP contribution in [0.1, 0.15) is 77.6 Å². The molecular weight excluding hydrogens is 280 g/mol. The first kappa shape index (κ1) is 20.7. The summed E-state index contributed by atoms with van der Waals surface area (Å²) in [4.78, 5) is 22.0. The Hall–Kier alpha value is -1.32. The minimum absolute atomic E-state index is 0.100. The molecule has 0 atom stereocenters. The van der Waals surface area contributed by atoms with Crippen LogP contribution < -0.4 is 0 Å². The first-order valence-corrected chi connectivity index (χ1v) is 8.42. The number of rotatable bonds is 13. The van der Waals surface area contributed by atoms with Gasteiger partial charge in [0.15, 0.2) is 0 Å². The lowest BCUT2D eigenvalue weighted by Gasteiger charge is -2.03. The average molecular weight is 312 g/mol. The third-order valence-electron chi connectivity index (χ3n) is 3.75. The van der Waals surface area contributed by atoms with Crippen LogP contribution in [0.4, 0.5) is 0 Å². The Morgan fingerprint density at radius 3 is 1.64 bits per heavy atom. The molecule has 0 spiro atoms. The largest absolute Gasteiger partial charge is 0.469 e. The number of ether oxygens (including phenoxy) is 2. The first-order valence-electron chi connectivity index (χ1n) is 8.42. The summed E-state index contributed by atoms with van der Waals surface area (Å²) in [6, 6.07) is 0. The molecule has 0 saturated carbocycles. The Morgan fingerprint density at radius 2 is 1.18 bits per heavy atom. The molecule has 0 fully saturated rings. The first-order chi connectivity index (χ1) is 10.6. The Balaban J connectivity index is 3.29. The van der Waals surface area contributed by atoms with Gasteiger partial charge in [-0.15, -0.1) is 0 Å². The van der Waals surface area contributed by atoms with Crippen molar-refractivity contribution in [3.05, 3.63) is 11.6 Å². The second kappa shape index (κ2) is 14.6. The minimum atomic E-state index is -0.260. The minimum Gasteiger partial charge on any atom is -0.469 e. The fourth-order valence-corrected chi connectivity index (χ4v) is 2.34. The monoisotopic (exact) mass is 312 g/mol. The van der Waals surface area contributed by atoms with E-state index in [0.717, 1.165) is 31.3 Å². The molecule has 0 bridgehead atoms. The van der Waals surface area contributed by atoms with E-state index in [0.29, 0.717) is 6.42 Å². The van der Waals surface area contributed by atoms with Crippen molar-refractivity contribution in [1.82, 2.24) is 0 Å². The molecule has 0 aromatic rings. The third-order valence-corrected chi connectivity index (χ3v) is 3.75. The van der Waals surface area contributed by atoms with Crippen LogP contribution in [-0.2, 0) is 19.1 Å². The lowest BCUT2D eigenvalue weighted by atomic mass is 10.0. The van der Waals surface area contributed by atoms with Crippen molar-refractivity contribution in [2.45, 2.75) is 77.6 Å². The summed E-state index contributed by atoms with van der Waals surface area (Å²) in [5.74, 6) is -0.360. The zero-order chi connectivity index (χ0) is 16.6. The molecule has 0 aliphatic heterocycles. The van der Waals surface area contributed by atoms with Crippen LogP contribution in [0.2, 0.25) is 0 Å². The molecule has 0 aliphatic carbocycles. The number of hydrogen-bond donors (Lipinski definition) is 0. The number of unbranched alkanes of at least 4 members (excludes halogenated alkanes) is 8. The summed E-state index contributed by atoms with van der Waals surface area (Å²) in [7, 11) is 2.84. The molecule has 0 amide bonds. The summed E-state index contributed by atoms with van der Waals surface area (Å²) >= 11 is 0. The zero-order valence-corrected chi connectivity index (χ0v) is 14.5. The van der Waals surface area contributed by atoms with Crippen molar-refractivity contribution in [3.8, 4) is 0 Å². The molecule has 0 rings (SSSR count). The van der Waals surface area contributed by atoms with Gasteiger partial charge in [0.25, 0.3) is 0 Å². The topological polar surface area (TPSA) is 52.6 Å². The second-order valence-corrected chi connectivity index (χ2v) is 5.77. The maximum absolute atomic E-state index is 11.0. The molecule has 0 aliphatic rings. The van der Waals surface area contributed by atoms with Crippen molar-refractivity contribution in [2.24, 2.45) is 0 Å². The lowest BCUT2D eigenvalue weighted by molar-refractivity contribution is -0.140. The Labute approximate surface area is 135 Å². The van der Waals surface area contributed by atoms with E-state index in [-0.39, 0.29) is 11.9 Å². The number of carbonyl (C=O) groups is 2. The van der Waals surface area contributed by atoms with E-state index in [1.54, 1.807) is 6.08 Å². The highest BCUT2D eigenvalue weighted by Gasteiger charge is 1.99. The molecule has 4 nitrogen and oxygen atoms in total. The average Bonchev–Trinajstić information content (AvgIpc) is 2.51. The van der Waals surface area contributed by atoms with Gasteiger partial charge in [0.2, 0.25) is 0 Å². The molecule has 0 saturated heterocycles. The third kappa shape index (κ3) is 13.7. The molecule has 128 valence electrons. The molecule has 22 heavy (non-hydrogen) atoms. The van der Waals surface area contributed by atoms with Crippen molar-refractivity contribution >= 4 is 11.9 Å². The maximum Gasteiger partial charge on any atom is 0.330 e. The van der Waals surface area contributed by atoms with Gasteiger partial charge in [-0.3, -0.25) is 4.79 Å². The number of methoxy groups -OCH3 is 2. The van der Waals surface area contributed by atoms with Crippen LogP contribution in [0.25, 0.3) is 0 Å². The molecule has 0 radical (unpaired) electrons. The van der Waals surface area contributed by atoms with Gasteiger partial charge < -0.3 is 9.47 Å². The molecular formula is C18H32O4. The van der Waals surface area contributed by atoms with E-state index in [9.17, 15) is 9.59 Å². The standard InChI is InChI=1S/C18H32O4/c1-16(15-18(20)22-3)13-11-9-7-5-4-6-8-10-12-14-17(19)21-2/h15H,4-14H2,1-3H3. The van der Waals surface area contributed by atoms with Crippen molar-refractivity contribution in [2.75, 3.05) is 14.2 Å². The summed E-state index contributed by atoms with van der Waals surface area (Å²) < 4.78 is 9.21. The van der Waals surface area contributed by atoms with Gasteiger partial charge in [0, 0.05) is 12.5 Å². The normalized spacial score (nSPS) is 11.3. The highest BCUT2D eigenvalue weighted by Crippen LogP contribution is 2.13. The van der Waals surface area contributed by atoms with Crippen LogP contribution in [0, 0.1) is 0 Å². The Kier molecular flexibility index (Phi) is 13.7. The van der Waals surface area contributed by atoms with Gasteiger partial charge >= 0.3 is 11.9 Å². The Morgan fingerprint density at radius 1 is 0.727 bits per heavy atom. The number of hydrogen-bond acceptors (Lipinski definition) is 4. The molecule has 0 N–H and O–H groups in total. The van der Waals surface area contributed by atoms with E-state index in [1.807, 2.05) is 6.92 Å². The zero-order valence-electron chi connectivity index (χ0n) is 14.5. The molecule has 0 unspecified atom stereocenters. The van der Waals surface area contributed by atoms with Crippen LogP contribution in [0.5, 0.6) is 0 Å². The van der Waals surface area contributed by atoms with Crippen LogP contribution >= 0.6 is 0 Å². The van der Waals surface area contributed by atoms with Crippen LogP contribution in [0.3, 0.4) is 0 Å². The number of allylic oxidation sites excluding steroid dienone is 1. The maximum atomic E-state index is 11.0. The highest BCUT2D eigenvalue weighted by molar-refractivity contribution is 5.82. The lowest BCUT2D eigenvalue weighted by Crippen LogP contribution is -1.99. The van der Waals surface area contributed by atoms with E-state index in [2.05, 4.69) is 9.47 Å². The van der Waals surface area contributed by atoms with Gasteiger partial charge in [0.05, 0.1) is 14.2 Å². The predicted molar refractivity (Wildman–Crippen MR) is 88.6 cm³/mol. The highest BCUT2D eigenvalue weighted by atomic mass is 16.5. The van der Waals surface area contributed by atoms with Gasteiger partial charge in [0.1, 0.15) is 0 Å². The van der Waals surface area contributed by atoms with E-state index < -0.39 is 0 Å². The van der Waals surface area contributed by atoms with Crippen molar-refractivity contribution in [1.29, 1.82) is 0 Å². The molecule has 0 aromatic carbocycles. The van der Waals surface area contributed by atoms with Gasteiger partial charge in [-0.2, -0.15) is 0 Å². The van der Waals surface area contributed by atoms with Gasteiger partial charge in [-0.05, 0) is 26.2 Å². The summed E-state index contributed by atoms with van der Waals surface area (Å²) in [5, 5.41) is 0. The summed E-state index contributed by atoms with van der Waals surface area (Å²) in [6.45, 7) is 1.98. The van der Waals surface area contributed by atoms with Crippen LogP contribution in [0.15, 0.2) is 11.6 Å². The smallest absolute Gasteiger partial charge is 0.330 e. The van der Waals surface area contributed by atoms with E-state index >= 15 is 0 Å². The second-order valence-electron chi connectivity index (χ2n) is 5.77.